The summed E-state index contributed by atoms with van der Waals surface area (Å²) < 4.78 is 7.18. The van der Waals surface area contributed by atoms with Gasteiger partial charge in [0.15, 0.2) is 5.82 Å². The number of nitrogens with one attached hydrogen (secondary N) is 1. The van der Waals surface area contributed by atoms with Crippen LogP contribution < -0.4 is 5.32 Å². The molecule has 0 aliphatic carbocycles. The van der Waals surface area contributed by atoms with Crippen molar-refractivity contribution in [3.8, 4) is 0 Å². The lowest BCUT2D eigenvalue weighted by Gasteiger charge is -2.05. The van der Waals surface area contributed by atoms with Crippen molar-refractivity contribution < 1.29 is 4.52 Å². The molecule has 0 radical (unpaired) electrons. The summed E-state index contributed by atoms with van der Waals surface area (Å²) in [7, 11) is 1.90. The van der Waals surface area contributed by atoms with E-state index in [4.69, 9.17) is 4.52 Å². The molecule has 1 aromatic carbocycles. The molecule has 112 valence electrons. The van der Waals surface area contributed by atoms with Crippen LogP contribution >= 0.6 is 0 Å². The van der Waals surface area contributed by atoms with Crippen LogP contribution in [0.4, 0.5) is 5.69 Å². The van der Waals surface area contributed by atoms with E-state index in [1.54, 1.807) is 4.68 Å². The van der Waals surface area contributed by atoms with E-state index in [2.05, 4.69) is 38.8 Å². The summed E-state index contributed by atoms with van der Waals surface area (Å²) in [5.74, 6) is 1.80. The summed E-state index contributed by atoms with van der Waals surface area (Å²) in [6.07, 6.45) is 5.21. The third-order valence-corrected chi connectivity index (χ3v) is 3.99. The molecular formula is C16H17N5O. The average molecular weight is 295 g/mol. The number of anilines is 1. The molecule has 3 heterocycles. The molecule has 2 aromatic heterocycles. The molecule has 0 bridgehead atoms. The van der Waals surface area contributed by atoms with E-state index in [1.165, 1.54) is 11.3 Å². The number of para-hydroxylation sites is 1. The van der Waals surface area contributed by atoms with Crippen LogP contribution in [0.2, 0.25) is 0 Å². The largest absolute Gasteiger partial charge is 0.384 e. The zero-order chi connectivity index (χ0) is 14.9. The smallest absolute Gasteiger partial charge is 0.227 e. The number of aryl methyl sites for hydroxylation is 1. The van der Waals surface area contributed by atoms with Gasteiger partial charge in [0.25, 0.3) is 0 Å². The van der Waals surface area contributed by atoms with Gasteiger partial charge >= 0.3 is 0 Å². The van der Waals surface area contributed by atoms with Gasteiger partial charge in [-0.15, -0.1) is 0 Å². The second kappa shape index (κ2) is 5.29. The molecule has 0 spiro atoms. The maximum Gasteiger partial charge on any atom is 0.227 e. The highest BCUT2D eigenvalue weighted by atomic mass is 16.5. The van der Waals surface area contributed by atoms with Gasteiger partial charge in [-0.1, -0.05) is 23.4 Å². The molecule has 1 aliphatic rings. The quantitative estimate of drug-likeness (QED) is 0.798. The molecule has 0 saturated heterocycles. The molecule has 4 rings (SSSR count). The number of fused-ring (bicyclic) bond motifs is 1. The standard InChI is InChI=1S/C16H17N5O/c1-21-10-11(8-18-21)6-15-19-16(22-20-15)7-12-9-17-14-5-3-2-4-13(12)14/h2-5,8,10,12,17H,6-7,9H2,1H3. The van der Waals surface area contributed by atoms with Crippen LogP contribution in [0.5, 0.6) is 0 Å². The lowest BCUT2D eigenvalue weighted by atomic mass is 9.98. The van der Waals surface area contributed by atoms with Gasteiger partial charge in [0.1, 0.15) is 0 Å². The fraction of sp³-hybridized carbons (Fsp3) is 0.312. The Morgan fingerprint density at radius 2 is 2.27 bits per heavy atom. The highest BCUT2D eigenvalue weighted by Gasteiger charge is 2.24. The van der Waals surface area contributed by atoms with Gasteiger partial charge in [0.05, 0.1) is 6.20 Å². The molecule has 0 fully saturated rings. The molecule has 6 heteroatoms. The molecule has 1 atom stereocenters. The number of rotatable bonds is 4. The molecule has 6 nitrogen and oxygen atoms in total. The van der Waals surface area contributed by atoms with E-state index in [0.717, 1.165) is 18.5 Å². The lowest BCUT2D eigenvalue weighted by molar-refractivity contribution is 0.367. The van der Waals surface area contributed by atoms with Crippen LogP contribution in [0, 0.1) is 0 Å². The minimum absolute atomic E-state index is 0.392. The van der Waals surface area contributed by atoms with E-state index < -0.39 is 0 Å². The number of hydrogen-bond acceptors (Lipinski definition) is 5. The molecule has 22 heavy (non-hydrogen) atoms. The third kappa shape index (κ3) is 2.47. The van der Waals surface area contributed by atoms with Crippen molar-refractivity contribution in [3.63, 3.8) is 0 Å². The fourth-order valence-electron chi connectivity index (χ4n) is 2.94. The first-order valence-corrected chi connectivity index (χ1v) is 7.40. The first-order valence-electron chi connectivity index (χ1n) is 7.40. The summed E-state index contributed by atoms with van der Waals surface area (Å²) in [5.41, 5.74) is 3.62. The van der Waals surface area contributed by atoms with Crippen LogP contribution in [-0.2, 0) is 19.9 Å². The molecule has 1 aliphatic heterocycles. The van der Waals surface area contributed by atoms with Gasteiger partial charge in [0.2, 0.25) is 5.89 Å². The Kier molecular flexibility index (Phi) is 3.14. The molecule has 3 aromatic rings. The SMILES string of the molecule is Cn1cc(Cc2noc(CC3CNc4ccccc43)n2)cn1. The Balaban J connectivity index is 1.46. The fourth-order valence-corrected chi connectivity index (χ4v) is 2.94. The van der Waals surface area contributed by atoms with Crippen molar-refractivity contribution >= 4 is 5.69 Å². The lowest BCUT2D eigenvalue weighted by Crippen LogP contribution is -2.05. The predicted molar refractivity (Wildman–Crippen MR) is 81.7 cm³/mol. The molecular weight excluding hydrogens is 278 g/mol. The highest BCUT2D eigenvalue weighted by Crippen LogP contribution is 2.32. The topological polar surface area (TPSA) is 68.8 Å². The van der Waals surface area contributed by atoms with Crippen molar-refractivity contribution in [3.05, 3.63) is 59.5 Å². The van der Waals surface area contributed by atoms with Crippen LogP contribution in [0.3, 0.4) is 0 Å². The van der Waals surface area contributed by atoms with Gasteiger partial charge in [-0.05, 0) is 17.2 Å². The molecule has 1 unspecified atom stereocenters. The number of nitrogens with zero attached hydrogens (tertiary/aromatic N) is 4. The number of aromatic nitrogens is 4. The van der Waals surface area contributed by atoms with Crippen LogP contribution in [0.15, 0.2) is 41.2 Å². The minimum atomic E-state index is 0.392. The van der Waals surface area contributed by atoms with Gasteiger partial charge in [-0.25, -0.2) is 0 Å². The maximum absolute atomic E-state index is 5.40. The first kappa shape index (κ1) is 13.1. The summed E-state index contributed by atoms with van der Waals surface area (Å²) in [6, 6.07) is 8.39. The predicted octanol–water partition coefficient (Wildman–Crippen LogP) is 2.15. The molecule has 0 amide bonds. The Bertz CT molecular complexity index is 791. The number of benzene rings is 1. The van der Waals surface area contributed by atoms with Crippen molar-refractivity contribution in [2.24, 2.45) is 7.05 Å². The first-order chi connectivity index (χ1) is 10.8. The van der Waals surface area contributed by atoms with Crippen molar-refractivity contribution in [2.75, 3.05) is 11.9 Å². The Morgan fingerprint density at radius 3 is 3.14 bits per heavy atom. The van der Waals surface area contributed by atoms with Crippen LogP contribution in [0.25, 0.3) is 0 Å². The van der Waals surface area contributed by atoms with Gasteiger partial charge in [-0.3, -0.25) is 4.68 Å². The van der Waals surface area contributed by atoms with Gasteiger partial charge < -0.3 is 9.84 Å². The minimum Gasteiger partial charge on any atom is -0.384 e. The van der Waals surface area contributed by atoms with E-state index >= 15 is 0 Å². The number of hydrogen-bond donors (Lipinski definition) is 1. The normalized spacial score (nSPS) is 16.5. The monoisotopic (exact) mass is 295 g/mol. The van der Waals surface area contributed by atoms with Gasteiger partial charge in [-0.2, -0.15) is 10.1 Å². The van der Waals surface area contributed by atoms with Crippen LogP contribution in [0.1, 0.15) is 28.8 Å². The molecule has 1 N–H and O–H groups in total. The maximum atomic E-state index is 5.40. The van der Waals surface area contributed by atoms with E-state index in [9.17, 15) is 0 Å². The Labute approximate surface area is 128 Å². The van der Waals surface area contributed by atoms with E-state index in [0.29, 0.717) is 24.1 Å². The summed E-state index contributed by atoms with van der Waals surface area (Å²) in [6.45, 7) is 0.916. The molecule has 0 saturated carbocycles. The highest BCUT2D eigenvalue weighted by molar-refractivity contribution is 5.57. The summed E-state index contributed by atoms with van der Waals surface area (Å²) >= 11 is 0. The van der Waals surface area contributed by atoms with Crippen molar-refractivity contribution in [1.82, 2.24) is 19.9 Å². The summed E-state index contributed by atoms with van der Waals surface area (Å²) in [4.78, 5) is 4.51. The zero-order valence-corrected chi connectivity index (χ0v) is 12.4. The Hall–Kier alpha value is -2.63. The Morgan fingerprint density at radius 1 is 1.36 bits per heavy atom. The van der Waals surface area contributed by atoms with Gasteiger partial charge in [0, 0.05) is 44.2 Å². The van der Waals surface area contributed by atoms with Crippen LogP contribution in [-0.4, -0.2) is 26.5 Å². The van der Waals surface area contributed by atoms with E-state index in [1.807, 2.05) is 25.5 Å². The van der Waals surface area contributed by atoms with Crippen molar-refractivity contribution in [2.45, 2.75) is 18.8 Å². The summed E-state index contributed by atoms with van der Waals surface area (Å²) in [5, 5.41) is 11.6. The second-order valence-corrected chi connectivity index (χ2v) is 5.67. The second-order valence-electron chi connectivity index (χ2n) is 5.67. The average Bonchev–Trinajstić information content (AvgIpc) is 3.22. The van der Waals surface area contributed by atoms with Crippen molar-refractivity contribution in [1.29, 1.82) is 0 Å². The third-order valence-electron chi connectivity index (χ3n) is 3.99. The zero-order valence-electron chi connectivity index (χ0n) is 12.4. The van der Waals surface area contributed by atoms with E-state index in [-0.39, 0.29) is 0 Å².